The monoisotopic (exact) mass is 245 g/mol. The third-order valence-electron chi connectivity index (χ3n) is 4.25. The van der Waals surface area contributed by atoms with Gasteiger partial charge in [-0.05, 0) is 48.6 Å². The Bertz CT molecular complexity index is 370. The highest BCUT2D eigenvalue weighted by Gasteiger charge is 2.24. The topological polar surface area (TPSA) is 26.0 Å². The molecule has 1 aromatic rings. The minimum absolute atomic E-state index is 0.352. The summed E-state index contributed by atoms with van der Waals surface area (Å²) in [7, 11) is 0. The molecule has 1 nitrogen and oxygen atoms in total. The minimum Gasteiger partial charge on any atom is -0.327 e. The number of aryl methyl sites for hydroxylation is 1. The first kappa shape index (κ1) is 13.6. The zero-order valence-corrected chi connectivity index (χ0v) is 11.9. The molecule has 0 heterocycles. The molecule has 2 unspecified atom stereocenters. The highest BCUT2D eigenvalue weighted by molar-refractivity contribution is 5.33. The van der Waals surface area contributed by atoms with Crippen LogP contribution in [0.2, 0.25) is 0 Å². The second-order valence-electron chi connectivity index (χ2n) is 6.19. The minimum atomic E-state index is 0.352. The first-order valence-electron chi connectivity index (χ1n) is 7.52. The predicted molar refractivity (Wildman–Crippen MR) is 78.8 cm³/mol. The van der Waals surface area contributed by atoms with Crippen molar-refractivity contribution in [2.45, 2.75) is 64.3 Å². The molecule has 2 rings (SSSR count). The SMILES string of the molecule is CC(C)CCCC(N)C1CCCc2ccccc21. The first-order chi connectivity index (χ1) is 8.68. The normalized spacial score (nSPS) is 20.8. The van der Waals surface area contributed by atoms with Crippen LogP contribution < -0.4 is 5.73 Å². The van der Waals surface area contributed by atoms with Crippen molar-refractivity contribution in [3.63, 3.8) is 0 Å². The molecular formula is C17H27N. The standard InChI is InChI=1S/C17H27N/c1-13(2)7-5-12-17(18)16-11-6-9-14-8-3-4-10-15(14)16/h3-4,8,10,13,16-17H,5-7,9,11-12,18H2,1-2H3. The maximum Gasteiger partial charge on any atom is 0.0108 e. The summed E-state index contributed by atoms with van der Waals surface area (Å²) < 4.78 is 0. The molecular weight excluding hydrogens is 218 g/mol. The van der Waals surface area contributed by atoms with Gasteiger partial charge in [0.15, 0.2) is 0 Å². The van der Waals surface area contributed by atoms with E-state index in [1.807, 2.05) is 0 Å². The summed E-state index contributed by atoms with van der Waals surface area (Å²) in [6.45, 7) is 4.59. The lowest BCUT2D eigenvalue weighted by molar-refractivity contribution is 0.414. The molecule has 0 aromatic heterocycles. The van der Waals surface area contributed by atoms with E-state index in [-0.39, 0.29) is 0 Å². The van der Waals surface area contributed by atoms with Crippen LogP contribution in [0.15, 0.2) is 24.3 Å². The van der Waals surface area contributed by atoms with E-state index in [1.165, 1.54) is 49.7 Å². The van der Waals surface area contributed by atoms with Gasteiger partial charge in [-0.2, -0.15) is 0 Å². The summed E-state index contributed by atoms with van der Waals surface area (Å²) in [5.74, 6) is 1.40. The van der Waals surface area contributed by atoms with Crippen LogP contribution in [0, 0.1) is 5.92 Å². The Morgan fingerprint density at radius 2 is 2.00 bits per heavy atom. The molecule has 100 valence electrons. The van der Waals surface area contributed by atoms with E-state index in [9.17, 15) is 0 Å². The summed E-state index contributed by atoms with van der Waals surface area (Å²) in [5, 5.41) is 0. The van der Waals surface area contributed by atoms with E-state index in [0.29, 0.717) is 12.0 Å². The van der Waals surface area contributed by atoms with E-state index in [2.05, 4.69) is 38.1 Å². The molecule has 0 amide bonds. The fourth-order valence-electron chi connectivity index (χ4n) is 3.20. The van der Waals surface area contributed by atoms with E-state index in [0.717, 1.165) is 5.92 Å². The molecule has 0 fully saturated rings. The predicted octanol–water partition coefficient (Wildman–Crippen LogP) is 4.26. The molecule has 0 radical (unpaired) electrons. The smallest absolute Gasteiger partial charge is 0.0108 e. The van der Waals surface area contributed by atoms with Gasteiger partial charge in [0.1, 0.15) is 0 Å². The number of benzene rings is 1. The Hall–Kier alpha value is -0.820. The second kappa shape index (κ2) is 6.38. The Morgan fingerprint density at radius 3 is 2.78 bits per heavy atom. The molecule has 0 bridgehead atoms. The molecule has 1 aliphatic carbocycles. The Kier molecular flexibility index (Phi) is 4.82. The number of fused-ring (bicyclic) bond motifs is 1. The van der Waals surface area contributed by atoms with Gasteiger partial charge in [-0.3, -0.25) is 0 Å². The zero-order chi connectivity index (χ0) is 13.0. The van der Waals surface area contributed by atoms with Crippen LogP contribution in [0.25, 0.3) is 0 Å². The Labute approximate surface area is 112 Å². The van der Waals surface area contributed by atoms with Gasteiger partial charge in [0, 0.05) is 6.04 Å². The van der Waals surface area contributed by atoms with E-state index < -0.39 is 0 Å². The summed E-state index contributed by atoms with van der Waals surface area (Å²) in [6, 6.07) is 9.25. The van der Waals surface area contributed by atoms with Crippen molar-refractivity contribution in [1.82, 2.24) is 0 Å². The molecule has 0 saturated heterocycles. The summed E-state index contributed by atoms with van der Waals surface area (Å²) in [4.78, 5) is 0. The van der Waals surface area contributed by atoms with E-state index in [1.54, 1.807) is 0 Å². The van der Waals surface area contributed by atoms with Crippen LogP contribution in [0.4, 0.5) is 0 Å². The number of hydrogen-bond donors (Lipinski definition) is 1. The van der Waals surface area contributed by atoms with Gasteiger partial charge in [0.05, 0.1) is 0 Å². The molecule has 18 heavy (non-hydrogen) atoms. The van der Waals surface area contributed by atoms with Crippen LogP contribution >= 0.6 is 0 Å². The maximum absolute atomic E-state index is 6.45. The fourth-order valence-corrected chi connectivity index (χ4v) is 3.20. The summed E-state index contributed by atoms with van der Waals surface area (Å²) in [6.07, 6.45) is 7.58. The quantitative estimate of drug-likeness (QED) is 0.824. The Balaban J connectivity index is 1.97. The molecule has 2 atom stereocenters. The molecule has 0 aliphatic heterocycles. The van der Waals surface area contributed by atoms with Crippen molar-refractivity contribution in [2.24, 2.45) is 11.7 Å². The van der Waals surface area contributed by atoms with Gasteiger partial charge in [0.2, 0.25) is 0 Å². The molecule has 2 N–H and O–H groups in total. The van der Waals surface area contributed by atoms with Crippen LogP contribution in [-0.4, -0.2) is 6.04 Å². The number of rotatable bonds is 5. The fraction of sp³-hybridized carbons (Fsp3) is 0.647. The van der Waals surface area contributed by atoms with Crippen molar-refractivity contribution in [3.8, 4) is 0 Å². The lowest BCUT2D eigenvalue weighted by Crippen LogP contribution is -2.31. The Morgan fingerprint density at radius 1 is 1.22 bits per heavy atom. The van der Waals surface area contributed by atoms with Gasteiger partial charge in [-0.1, -0.05) is 51.0 Å². The van der Waals surface area contributed by atoms with Crippen LogP contribution in [0.3, 0.4) is 0 Å². The zero-order valence-electron chi connectivity index (χ0n) is 11.9. The average Bonchev–Trinajstić information content (AvgIpc) is 2.37. The number of hydrogen-bond acceptors (Lipinski definition) is 1. The van der Waals surface area contributed by atoms with Crippen LogP contribution in [-0.2, 0) is 6.42 Å². The third kappa shape index (κ3) is 3.35. The van der Waals surface area contributed by atoms with Crippen molar-refractivity contribution in [1.29, 1.82) is 0 Å². The first-order valence-corrected chi connectivity index (χ1v) is 7.52. The van der Waals surface area contributed by atoms with Gasteiger partial charge in [-0.25, -0.2) is 0 Å². The third-order valence-corrected chi connectivity index (χ3v) is 4.25. The van der Waals surface area contributed by atoms with Crippen LogP contribution in [0.1, 0.15) is 63.0 Å². The lowest BCUT2D eigenvalue weighted by atomic mass is 9.77. The van der Waals surface area contributed by atoms with E-state index in [4.69, 9.17) is 5.73 Å². The van der Waals surface area contributed by atoms with Gasteiger partial charge in [-0.15, -0.1) is 0 Å². The van der Waals surface area contributed by atoms with E-state index >= 15 is 0 Å². The molecule has 1 aliphatic rings. The number of nitrogens with two attached hydrogens (primary N) is 1. The lowest BCUT2D eigenvalue weighted by Gasteiger charge is -2.30. The van der Waals surface area contributed by atoms with Crippen molar-refractivity contribution >= 4 is 0 Å². The highest BCUT2D eigenvalue weighted by atomic mass is 14.7. The largest absolute Gasteiger partial charge is 0.327 e. The summed E-state index contributed by atoms with van der Waals surface area (Å²) >= 11 is 0. The van der Waals surface area contributed by atoms with Crippen molar-refractivity contribution in [3.05, 3.63) is 35.4 Å². The van der Waals surface area contributed by atoms with Gasteiger partial charge >= 0.3 is 0 Å². The van der Waals surface area contributed by atoms with Crippen molar-refractivity contribution in [2.75, 3.05) is 0 Å². The van der Waals surface area contributed by atoms with Gasteiger partial charge in [0.25, 0.3) is 0 Å². The second-order valence-corrected chi connectivity index (χ2v) is 6.19. The highest BCUT2D eigenvalue weighted by Crippen LogP contribution is 2.34. The van der Waals surface area contributed by atoms with Crippen LogP contribution in [0.5, 0.6) is 0 Å². The van der Waals surface area contributed by atoms with Gasteiger partial charge < -0.3 is 5.73 Å². The average molecular weight is 245 g/mol. The maximum atomic E-state index is 6.45. The molecule has 1 aromatic carbocycles. The molecule has 0 spiro atoms. The molecule has 1 heteroatoms. The summed E-state index contributed by atoms with van der Waals surface area (Å²) in [5.41, 5.74) is 9.51. The molecule has 0 saturated carbocycles. The van der Waals surface area contributed by atoms with Crippen molar-refractivity contribution < 1.29 is 0 Å².